The molecule has 0 spiro atoms. The Bertz CT molecular complexity index is 864. The highest BCUT2D eigenvalue weighted by molar-refractivity contribution is 5.96. The first kappa shape index (κ1) is 22.8. The summed E-state index contributed by atoms with van der Waals surface area (Å²) < 4.78 is 11.3. The van der Waals surface area contributed by atoms with Gasteiger partial charge in [0.2, 0.25) is 11.8 Å². The molecule has 0 aromatic heterocycles. The fraction of sp³-hybridized carbons (Fsp3) is 0.417. The summed E-state index contributed by atoms with van der Waals surface area (Å²) >= 11 is 0. The maximum atomic E-state index is 12.2. The highest BCUT2D eigenvalue weighted by Gasteiger charge is 2.21. The third-order valence-electron chi connectivity index (χ3n) is 5.31. The first-order valence-electron chi connectivity index (χ1n) is 10.6. The number of hydrogen-bond acceptors (Lipinski definition) is 5. The van der Waals surface area contributed by atoms with Crippen molar-refractivity contribution in [3.8, 4) is 5.75 Å². The van der Waals surface area contributed by atoms with Crippen molar-refractivity contribution < 1.29 is 19.1 Å². The van der Waals surface area contributed by atoms with Crippen LogP contribution >= 0.6 is 0 Å². The van der Waals surface area contributed by atoms with E-state index in [4.69, 9.17) is 9.47 Å². The van der Waals surface area contributed by atoms with Crippen molar-refractivity contribution in [2.75, 3.05) is 38.6 Å². The fourth-order valence-corrected chi connectivity index (χ4v) is 3.57. The normalized spacial score (nSPS) is 14.8. The van der Waals surface area contributed by atoms with E-state index in [2.05, 4.69) is 27.7 Å². The van der Waals surface area contributed by atoms with Gasteiger partial charge in [-0.05, 0) is 43.0 Å². The number of anilines is 1. The molecule has 1 fully saturated rings. The number of amides is 2. The Kier molecular flexibility index (Phi) is 8.44. The number of rotatable bonds is 9. The molecule has 0 bridgehead atoms. The molecule has 0 aliphatic carbocycles. The molecular formula is C24H31N3O4. The first-order chi connectivity index (χ1) is 15.0. The van der Waals surface area contributed by atoms with Gasteiger partial charge in [0, 0.05) is 13.1 Å². The van der Waals surface area contributed by atoms with Crippen LogP contribution < -0.4 is 15.4 Å². The highest BCUT2D eigenvalue weighted by Crippen LogP contribution is 2.25. The lowest BCUT2D eigenvalue weighted by Crippen LogP contribution is -2.44. The summed E-state index contributed by atoms with van der Waals surface area (Å²) in [5.41, 5.74) is 2.78. The molecule has 31 heavy (non-hydrogen) atoms. The number of carbonyl (C=O) groups is 2. The van der Waals surface area contributed by atoms with E-state index in [0.29, 0.717) is 18.0 Å². The van der Waals surface area contributed by atoms with E-state index in [9.17, 15) is 9.59 Å². The molecule has 166 valence electrons. The van der Waals surface area contributed by atoms with Crippen LogP contribution in [0, 0.1) is 6.92 Å². The molecule has 1 aliphatic heterocycles. The summed E-state index contributed by atoms with van der Waals surface area (Å²) in [6.45, 7) is 4.37. The Morgan fingerprint density at radius 2 is 1.81 bits per heavy atom. The quantitative estimate of drug-likeness (QED) is 0.646. The lowest BCUT2D eigenvalue weighted by Gasteiger charge is -2.31. The van der Waals surface area contributed by atoms with Crippen LogP contribution in [0.3, 0.4) is 0 Å². The van der Waals surface area contributed by atoms with Crippen LogP contribution in [-0.2, 0) is 20.9 Å². The largest absolute Gasteiger partial charge is 0.495 e. The standard InChI is InChI=1S/C24H31N3O4/c1-18-8-9-22(30-2)21(14-18)26-23(28)15-25-24(29)16-27-12-10-20(11-13-27)31-17-19-6-4-3-5-7-19/h3-9,14,20H,10-13,15-17H2,1-2H3,(H,25,29)(H,26,28). The van der Waals surface area contributed by atoms with E-state index < -0.39 is 0 Å². The van der Waals surface area contributed by atoms with Crippen molar-refractivity contribution in [3.05, 3.63) is 59.7 Å². The highest BCUT2D eigenvalue weighted by atomic mass is 16.5. The Labute approximate surface area is 183 Å². The van der Waals surface area contributed by atoms with Gasteiger partial charge in [-0.1, -0.05) is 36.4 Å². The maximum absolute atomic E-state index is 12.2. The Morgan fingerprint density at radius 1 is 1.06 bits per heavy atom. The third-order valence-corrected chi connectivity index (χ3v) is 5.31. The molecule has 2 amide bonds. The van der Waals surface area contributed by atoms with Crippen molar-refractivity contribution in [1.29, 1.82) is 0 Å². The molecule has 0 radical (unpaired) electrons. The van der Waals surface area contributed by atoms with E-state index in [1.165, 1.54) is 5.56 Å². The molecule has 7 nitrogen and oxygen atoms in total. The van der Waals surface area contributed by atoms with Gasteiger partial charge in [-0.25, -0.2) is 0 Å². The number of likely N-dealkylation sites (tertiary alicyclic amines) is 1. The van der Waals surface area contributed by atoms with Gasteiger partial charge in [0.1, 0.15) is 5.75 Å². The zero-order chi connectivity index (χ0) is 22.1. The lowest BCUT2D eigenvalue weighted by atomic mass is 10.1. The second-order valence-electron chi connectivity index (χ2n) is 7.80. The summed E-state index contributed by atoms with van der Waals surface area (Å²) in [6.07, 6.45) is 2.01. The minimum Gasteiger partial charge on any atom is -0.495 e. The number of hydrogen-bond donors (Lipinski definition) is 2. The third kappa shape index (κ3) is 7.38. The minimum atomic E-state index is -0.287. The molecule has 7 heteroatoms. The zero-order valence-corrected chi connectivity index (χ0v) is 18.2. The Hall–Kier alpha value is -2.90. The maximum Gasteiger partial charge on any atom is 0.243 e. The first-order valence-corrected chi connectivity index (χ1v) is 10.6. The number of aryl methyl sites for hydroxylation is 1. The predicted octanol–water partition coefficient (Wildman–Crippen LogP) is 2.74. The average molecular weight is 426 g/mol. The van der Waals surface area contributed by atoms with Crippen molar-refractivity contribution in [2.24, 2.45) is 0 Å². The van der Waals surface area contributed by atoms with Crippen LogP contribution in [-0.4, -0.2) is 56.1 Å². The molecule has 2 N–H and O–H groups in total. The monoisotopic (exact) mass is 425 g/mol. The number of ether oxygens (including phenoxy) is 2. The summed E-state index contributed by atoms with van der Waals surface area (Å²) in [5, 5.41) is 5.48. The second-order valence-corrected chi connectivity index (χ2v) is 7.80. The van der Waals surface area contributed by atoms with Gasteiger partial charge in [0.05, 0.1) is 38.6 Å². The van der Waals surface area contributed by atoms with Crippen molar-refractivity contribution in [1.82, 2.24) is 10.2 Å². The summed E-state index contributed by atoms with van der Waals surface area (Å²) in [5.74, 6) is 0.142. The number of benzene rings is 2. The number of nitrogens with zero attached hydrogens (tertiary/aromatic N) is 1. The van der Waals surface area contributed by atoms with Crippen LogP contribution in [0.2, 0.25) is 0 Å². The number of nitrogens with one attached hydrogen (secondary N) is 2. The topological polar surface area (TPSA) is 79.9 Å². The van der Waals surface area contributed by atoms with Gasteiger partial charge in [-0.15, -0.1) is 0 Å². The SMILES string of the molecule is COc1ccc(C)cc1NC(=O)CNC(=O)CN1CCC(OCc2ccccc2)CC1. The van der Waals surface area contributed by atoms with E-state index in [-0.39, 0.29) is 31.0 Å². The van der Waals surface area contributed by atoms with Gasteiger partial charge < -0.3 is 20.1 Å². The Balaban J connectivity index is 1.34. The zero-order valence-electron chi connectivity index (χ0n) is 18.2. The van der Waals surface area contributed by atoms with Gasteiger partial charge in [-0.3, -0.25) is 14.5 Å². The number of methoxy groups -OCH3 is 1. The summed E-state index contributed by atoms with van der Waals surface area (Å²) in [6, 6.07) is 15.7. The van der Waals surface area contributed by atoms with Crippen molar-refractivity contribution >= 4 is 17.5 Å². The fourth-order valence-electron chi connectivity index (χ4n) is 3.57. The molecule has 1 heterocycles. The molecule has 3 rings (SSSR count). The van der Waals surface area contributed by atoms with Crippen LogP contribution in [0.25, 0.3) is 0 Å². The molecule has 2 aromatic rings. The summed E-state index contributed by atoms with van der Waals surface area (Å²) in [7, 11) is 1.55. The molecule has 0 saturated carbocycles. The molecule has 1 aliphatic rings. The van der Waals surface area contributed by atoms with Crippen LogP contribution in [0.5, 0.6) is 5.75 Å². The van der Waals surface area contributed by atoms with Gasteiger partial charge in [0.25, 0.3) is 0 Å². The van der Waals surface area contributed by atoms with Gasteiger partial charge in [0.15, 0.2) is 0 Å². The van der Waals surface area contributed by atoms with Crippen molar-refractivity contribution in [3.63, 3.8) is 0 Å². The van der Waals surface area contributed by atoms with E-state index >= 15 is 0 Å². The van der Waals surface area contributed by atoms with Crippen LogP contribution in [0.1, 0.15) is 24.0 Å². The molecule has 0 atom stereocenters. The van der Waals surface area contributed by atoms with Gasteiger partial charge >= 0.3 is 0 Å². The molecule has 2 aromatic carbocycles. The molecule has 1 saturated heterocycles. The second kappa shape index (κ2) is 11.5. The predicted molar refractivity (Wildman–Crippen MR) is 120 cm³/mol. The number of carbonyl (C=O) groups excluding carboxylic acids is 2. The van der Waals surface area contributed by atoms with Gasteiger partial charge in [-0.2, -0.15) is 0 Å². The minimum absolute atomic E-state index is 0.0768. The van der Waals surface area contributed by atoms with Crippen molar-refractivity contribution in [2.45, 2.75) is 32.5 Å². The summed E-state index contributed by atoms with van der Waals surface area (Å²) in [4.78, 5) is 26.6. The van der Waals surface area contributed by atoms with E-state index in [0.717, 1.165) is 31.5 Å². The number of piperidine rings is 1. The molecule has 0 unspecified atom stereocenters. The van der Waals surface area contributed by atoms with Crippen LogP contribution in [0.15, 0.2) is 48.5 Å². The molecular weight excluding hydrogens is 394 g/mol. The van der Waals surface area contributed by atoms with E-state index in [1.54, 1.807) is 13.2 Å². The Morgan fingerprint density at radius 3 is 2.52 bits per heavy atom. The smallest absolute Gasteiger partial charge is 0.243 e. The average Bonchev–Trinajstić information content (AvgIpc) is 2.78. The van der Waals surface area contributed by atoms with E-state index in [1.807, 2.05) is 37.3 Å². The lowest BCUT2D eigenvalue weighted by molar-refractivity contribution is -0.125. The van der Waals surface area contributed by atoms with Crippen LogP contribution in [0.4, 0.5) is 5.69 Å².